The molecular formula is C34H39NO5. The van der Waals surface area contributed by atoms with E-state index >= 15 is 0 Å². The summed E-state index contributed by atoms with van der Waals surface area (Å²) in [5, 5.41) is 9.50. The number of rotatable bonds is 15. The summed E-state index contributed by atoms with van der Waals surface area (Å²) < 4.78 is 16.7. The van der Waals surface area contributed by atoms with Crippen molar-refractivity contribution in [3.8, 4) is 28.7 Å². The lowest BCUT2D eigenvalue weighted by molar-refractivity contribution is 0.0497. The number of ether oxygens (including phenoxy) is 3. The van der Waals surface area contributed by atoms with E-state index in [1.165, 1.54) is 31.7 Å². The molecule has 0 N–H and O–H groups in total. The first kappa shape index (κ1) is 30.4. The predicted octanol–water partition coefficient (Wildman–Crippen LogP) is 8.39. The van der Waals surface area contributed by atoms with Gasteiger partial charge in [0.25, 0.3) is 0 Å². The van der Waals surface area contributed by atoms with Crippen LogP contribution in [0.1, 0.15) is 92.0 Å². The van der Waals surface area contributed by atoms with E-state index in [4.69, 9.17) is 14.2 Å². The molecule has 1 atom stereocenters. The minimum absolute atomic E-state index is 0.274. The van der Waals surface area contributed by atoms with Crippen LogP contribution in [-0.2, 0) is 4.74 Å². The Morgan fingerprint density at radius 2 is 1.43 bits per heavy atom. The van der Waals surface area contributed by atoms with Crippen molar-refractivity contribution in [3.63, 3.8) is 0 Å². The highest BCUT2D eigenvalue weighted by Crippen LogP contribution is 2.25. The van der Waals surface area contributed by atoms with Crippen molar-refractivity contribution < 1.29 is 23.8 Å². The minimum Gasteiger partial charge on any atom is -0.492 e. The Kier molecular flexibility index (Phi) is 12.2. The first-order valence-corrected chi connectivity index (χ1v) is 14.2. The number of benzene rings is 3. The summed E-state index contributed by atoms with van der Waals surface area (Å²) in [6.07, 6.45) is 7.85. The van der Waals surface area contributed by atoms with Crippen molar-refractivity contribution in [3.05, 3.63) is 83.4 Å². The number of unbranched alkanes of at least 4 members (excludes halogenated alkanes) is 5. The van der Waals surface area contributed by atoms with E-state index in [1.54, 1.807) is 36.4 Å². The Labute approximate surface area is 237 Å². The summed E-state index contributed by atoms with van der Waals surface area (Å²) in [6, 6.07) is 21.2. The molecule has 0 saturated carbocycles. The van der Waals surface area contributed by atoms with Gasteiger partial charge in [-0.25, -0.2) is 9.59 Å². The van der Waals surface area contributed by atoms with Gasteiger partial charge in [-0.05, 0) is 65.9 Å². The van der Waals surface area contributed by atoms with Crippen molar-refractivity contribution >= 4 is 11.9 Å². The van der Waals surface area contributed by atoms with Gasteiger partial charge in [-0.15, -0.1) is 0 Å². The van der Waals surface area contributed by atoms with Gasteiger partial charge in [-0.1, -0.05) is 83.6 Å². The van der Waals surface area contributed by atoms with Crippen molar-refractivity contribution in [1.29, 1.82) is 5.26 Å². The molecule has 0 heterocycles. The van der Waals surface area contributed by atoms with Crippen LogP contribution in [0.3, 0.4) is 0 Å². The first-order valence-electron chi connectivity index (χ1n) is 14.2. The highest BCUT2D eigenvalue weighted by molar-refractivity contribution is 5.92. The molecule has 6 nitrogen and oxygen atoms in total. The van der Waals surface area contributed by atoms with Crippen LogP contribution < -0.4 is 9.47 Å². The Bertz CT molecular complexity index is 1280. The molecule has 6 heteroatoms. The average Bonchev–Trinajstić information content (AvgIpc) is 2.99. The quantitative estimate of drug-likeness (QED) is 0.109. The van der Waals surface area contributed by atoms with Gasteiger partial charge in [0, 0.05) is 0 Å². The van der Waals surface area contributed by atoms with E-state index in [-0.39, 0.29) is 11.5 Å². The van der Waals surface area contributed by atoms with Crippen LogP contribution in [0.4, 0.5) is 0 Å². The van der Waals surface area contributed by atoms with Crippen LogP contribution in [0.15, 0.2) is 66.7 Å². The molecule has 0 saturated heterocycles. The van der Waals surface area contributed by atoms with Crippen molar-refractivity contribution in [2.75, 3.05) is 13.2 Å². The van der Waals surface area contributed by atoms with E-state index in [2.05, 4.69) is 26.8 Å². The molecule has 0 aliphatic heterocycles. The number of nitriles is 1. The molecule has 0 spiro atoms. The molecule has 3 aromatic rings. The number of carbonyl (C=O) groups excluding carboxylic acids is 2. The number of hydrogen-bond donors (Lipinski definition) is 0. The molecule has 3 rings (SSSR count). The van der Waals surface area contributed by atoms with Crippen LogP contribution in [0, 0.1) is 17.2 Å². The lowest BCUT2D eigenvalue weighted by atomic mass is 10.0. The third kappa shape index (κ3) is 9.27. The molecule has 0 radical (unpaired) electrons. The zero-order chi connectivity index (χ0) is 28.7. The normalized spacial score (nSPS) is 11.3. The van der Waals surface area contributed by atoms with E-state index in [1.807, 2.05) is 24.3 Å². The SMILES string of the molecule is CCCCCCCCOC(=O)c1ccc(-c2ccc(OC(=O)c3ccc(OCC(C)CC)c(C#N)c3)cc2)cc1. The summed E-state index contributed by atoms with van der Waals surface area (Å²) in [5.74, 6) is 0.354. The molecule has 40 heavy (non-hydrogen) atoms. The summed E-state index contributed by atoms with van der Waals surface area (Å²) in [4.78, 5) is 25.0. The number of carbonyl (C=O) groups is 2. The Balaban J connectivity index is 1.53. The second-order valence-corrected chi connectivity index (χ2v) is 10.0. The summed E-state index contributed by atoms with van der Waals surface area (Å²) >= 11 is 0. The monoisotopic (exact) mass is 541 g/mol. The third-order valence-corrected chi connectivity index (χ3v) is 6.81. The highest BCUT2D eigenvalue weighted by atomic mass is 16.5. The first-order chi connectivity index (χ1) is 19.4. The lowest BCUT2D eigenvalue weighted by Gasteiger charge is -2.13. The van der Waals surface area contributed by atoms with Gasteiger partial charge >= 0.3 is 11.9 Å². The fourth-order valence-corrected chi connectivity index (χ4v) is 4.03. The number of esters is 2. The van der Waals surface area contributed by atoms with Gasteiger partial charge < -0.3 is 14.2 Å². The van der Waals surface area contributed by atoms with Crippen LogP contribution in [0.2, 0.25) is 0 Å². The second kappa shape index (κ2) is 16.1. The Hall–Kier alpha value is -4.11. The fraction of sp³-hybridized carbons (Fsp3) is 0.382. The highest BCUT2D eigenvalue weighted by Gasteiger charge is 2.14. The summed E-state index contributed by atoms with van der Waals surface area (Å²) in [5.41, 5.74) is 2.94. The lowest BCUT2D eigenvalue weighted by Crippen LogP contribution is -2.11. The topological polar surface area (TPSA) is 85.6 Å². The fourth-order valence-electron chi connectivity index (χ4n) is 4.03. The van der Waals surface area contributed by atoms with E-state index in [9.17, 15) is 14.9 Å². The minimum atomic E-state index is -0.554. The average molecular weight is 542 g/mol. The standard InChI is InChI=1S/C34H39NO5/c1-4-6-7-8-9-10-21-38-33(36)28-13-11-26(12-14-28)27-15-18-31(19-16-27)40-34(37)29-17-20-32(30(22-29)23-35)39-24-25(3)5-2/h11-20,22,25H,4-10,21,24H2,1-3H3. The molecule has 0 fully saturated rings. The number of hydrogen-bond acceptors (Lipinski definition) is 6. The van der Waals surface area contributed by atoms with Crippen molar-refractivity contribution in [1.82, 2.24) is 0 Å². The van der Waals surface area contributed by atoms with Gasteiger partial charge in [0.05, 0.1) is 29.9 Å². The zero-order valence-electron chi connectivity index (χ0n) is 23.8. The molecule has 3 aromatic carbocycles. The molecule has 0 bridgehead atoms. The summed E-state index contributed by atoms with van der Waals surface area (Å²) in [6.45, 7) is 7.30. The predicted molar refractivity (Wildman–Crippen MR) is 157 cm³/mol. The van der Waals surface area contributed by atoms with Crippen LogP contribution in [0.5, 0.6) is 11.5 Å². The van der Waals surface area contributed by atoms with Crippen LogP contribution >= 0.6 is 0 Å². The van der Waals surface area contributed by atoms with Gasteiger partial charge in [0.15, 0.2) is 0 Å². The molecular weight excluding hydrogens is 502 g/mol. The largest absolute Gasteiger partial charge is 0.492 e. The van der Waals surface area contributed by atoms with Gasteiger partial charge in [-0.2, -0.15) is 5.26 Å². The van der Waals surface area contributed by atoms with Crippen molar-refractivity contribution in [2.45, 2.75) is 65.7 Å². The number of nitrogens with zero attached hydrogens (tertiary/aromatic N) is 1. The van der Waals surface area contributed by atoms with Crippen LogP contribution in [-0.4, -0.2) is 25.2 Å². The molecule has 0 aromatic heterocycles. The molecule has 210 valence electrons. The Morgan fingerprint density at radius 3 is 2.08 bits per heavy atom. The van der Waals surface area contributed by atoms with E-state index in [0.29, 0.717) is 41.8 Å². The maximum absolute atomic E-state index is 12.7. The van der Waals surface area contributed by atoms with Crippen LogP contribution in [0.25, 0.3) is 11.1 Å². The molecule has 1 unspecified atom stereocenters. The molecule has 0 aliphatic rings. The van der Waals surface area contributed by atoms with Gasteiger partial charge in [-0.3, -0.25) is 0 Å². The van der Waals surface area contributed by atoms with Gasteiger partial charge in [0.1, 0.15) is 17.6 Å². The maximum Gasteiger partial charge on any atom is 0.343 e. The maximum atomic E-state index is 12.7. The Morgan fingerprint density at radius 1 is 0.800 bits per heavy atom. The van der Waals surface area contributed by atoms with E-state index in [0.717, 1.165) is 30.4 Å². The smallest absolute Gasteiger partial charge is 0.343 e. The zero-order valence-corrected chi connectivity index (χ0v) is 23.8. The van der Waals surface area contributed by atoms with Crippen molar-refractivity contribution in [2.24, 2.45) is 5.92 Å². The van der Waals surface area contributed by atoms with Gasteiger partial charge in [0.2, 0.25) is 0 Å². The summed E-state index contributed by atoms with van der Waals surface area (Å²) in [7, 11) is 0. The van der Waals surface area contributed by atoms with E-state index < -0.39 is 5.97 Å². The molecule has 0 aliphatic carbocycles. The molecule has 0 amide bonds. The third-order valence-electron chi connectivity index (χ3n) is 6.81. The second-order valence-electron chi connectivity index (χ2n) is 10.0.